The number of aryl methyl sites for hydroxylation is 1. The monoisotopic (exact) mass is 450 g/mol. The van der Waals surface area contributed by atoms with E-state index in [0.717, 1.165) is 12.1 Å². The van der Waals surface area contributed by atoms with Crippen LogP contribution < -0.4 is 10.5 Å². The van der Waals surface area contributed by atoms with Gasteiger partial charge in [-0.3, -0.25) is 4.79 Å². The van der Waals surface area contributed by atoms with Crippen LogP contribution in [-0.4, -0.2) is 46.6 Å². The number of ether oxygens (including phenoxy) is 1. The topological polar surface area (TPSA) is 142 Å². The van der Waals surface area contributed by atoms with Gasteiger partial charge in [0.15, 0.2) is 11.5 Å². The molecule has 0 amide bonds. The van der Waals surface area contributed by atoms with E-state index in [0.29, 0.717) is 24.1 Å². The number of hydrogen-bond acceptors (Lipinski definition) is 8. The maximum absolute atomic E-state index is 13.9. The molecule has 0 saturated carbocycles. The number of benzene rings is 1. The highest BCUT2D eigenvalue weighted by Gasteiger charge is 2.30. The minimum absolute atomic E-state index is 0.0454. The van der Waals surface area contributed by atoms with Gasteiger partial charge in [0.05, 0.1) is 12.9 Å². The Morgan fingerprint density at radius 1 is 1.26 bits per heavy atom. The van der Waals surface area contributed by atoms with Crippen molar-refractivity contribution < 1.29 is 22.3 Å². The number of sulfonamides is 1. The Balaban J connectivity index is 1.59. The van der Waals surface area contributed by atoms with Gasteiger partial charge in [-0.05, 0) is 24.5 Å². The summed E-state index contributed by atoms with van der Waals surface area (Å²) in [5.41, 5.74) is 6.81. The first-order valence-corrected chi connectivity index (χ1v) is 11.0. The first kappa shape index (κ1) is 22.6. The number of nitrogens with one attached hydrogen (secondary N) is 1. The molecule has 0 aliphatic carbocycles. The molecule has 31 heavy (non-hydrogen) atoms. The molecular formula is C19H23FN6O4S. The van der Waals surface area contributed by atoms with Crippen molar-refractivity contribution >= 4 is 33.0 Å². The van der Waals surface area contributed by atoms with Crippen molar-refractivity contribution in [2.24, 2.45) is 5.92 Å². The molecule has 0 radical (unpaired) electrons. The van der Waals surface area contributed by atoms with Gasteiger partial charge in [-0.15, -0.1) is 0 Å². The van der Waals surface area contributed by atoms with Crippen molar-refractivity contribution in [3.8, 4) is 0 Å². The fourth-order valence-electron chi connectivity index (χ4n) is 2.91. The molecule has 3 N–H and O–H groups in total. The fraction of sp³-hybridized carbons (Fsp3) is 0.368. The summed E-state index contributed by atoms with van der Waals surface area (Å²) in [6, 6.07) is 3.79. The Morgan fingerprint density at radius 2 is 2.00 bits per heavy atom. The highest BCUT2D eigenvalue weighted by atomic mass is 32.2. The van der Waals surface area contributed by atoms with Gasteiger partial charge >= 0.3 is 5.97 Å². The molecule has 1 aromatic carbocycles. The molecule has 0 spiro atoms. The van der Waals surface area contributed by atoms with Gasteiger partial charge in [0.2, 0.25) is 10.0 Å². The number of hydrogen-bond donors (Lipinski definition) is 2. The van der Waals surface area contributed by atoms with Crippen molar-refractivity contribution in [3.63, 3.8) is 0 Å². The predicted octanol–water partition coefficient (Wildman–Crippen LogP) is 1.48. The van der Waals surface area contributed by atoms with Crippen LogP contribution in [0.2, 0.25) is 0 Å². The molecule has 0 aliphatic heterocycles. The van der Waals surface area contributed by atoms with Crippen molar-refractivity contribution in [1.29, 1.82) is 0 Å². The average molecular weight is 450 g/mol. The summed E-state index contributed by atoms with van der Waals surface area (Å²) in [7, 11) is -4.24. The second-order valence-corrected chi connectivity index (χ2v) is 8.85. The second-order valence-electron chi connectivity index (χ2n) is 7.16. The molecule has 0 aliphatic rings. The molecule has 10 nitrogen and oxygen atoms in total. The van der Waals surface area contributed by atoms with Gasteiger partial charge in [0.1, 0.15) is 28.6 Å². The van der Waals surface area contributed by atoms with Crippen LogP contribution in [0.4, 0.5) is 10.2 Å². The zero-order valence-corrected chi connectivity index (χ0v) is 17.8. The number of nitrogens with zero attached hydrogens (tertiary/aromatic N) is 4. The zero-order valence-electron chi connectivity index (χ0n) is 17.0. The van der Waals surface area contributed by atoms with E-state index in [1.165, 1.54) is 18.5 Å². The number of nitrogens with two attached hydrogens (primary N) is 1. The third-order valence-electron chi connectivity index (χ3n) is 4.55. The van der Waals surface area contributed by atoms with Gasteiger partial charge in [-0.25, -0.2) is 27.8 Å². The number of halogens is 1. The van der Waals surface area contributed by atoms with Crippen molar-refractivity contribution in [3.05, 3.63) is 42.7 Å². The lowest BCUT2D eigenvalue weighted by Crippen LogP contribution is -2.45. The molecule has 2 aromatic heterocycles. The van der Waals surface area contributed by atoms with E-state index < -0.39 is 38.7 Å². The molecule has 3 aromatic rings. The lowest BCUT2D eigenvalue weighted by molar-refractivity contribution is -0.147. The summed E-state index contributed by atoms with van der Waals surface area (Å²) >= 11 is 0. The number of esters is 1. The van der Waals surface area contributed by atoms with E-state index in [2.05, 4.69) is 19.7 Å². The van der Waals surface area contributed by atoms with Crippen LogP contribution in [0.3, 0.4) is 0 Å². The summed E-state index contributed by atoms with van der Waals surface area (Å²) in [4.78, 5) is 24.1. The van der Waals surface area contributed by atoms with Crippen LogP contribution in [0.25, 0.3) is 11.2 Å². The maximum Gasteiger partial charge on any atom is 0.324 e. The van der Waals surface area contributed by atoms with Crippen LogP contribution in [0.5, 0.6) is 0 Å². The van der Waals surface area contributed by atoms with Gasteiger partial charge in [-0.2, -0.15) is 4.72 Å². The first-order valence-electron chi connectivity index (χ1n) is 9.55. The van der Waals surface area contributed by atoms with Crippen LogP contribution >= 0.6 is 0 Å². The maximum atomic E-state index is 13.9. The number of carbonyl (C=O) groups excluding carboxylic acids is 1. The number of anilines is 1. The molecule has 0 fully saturated rings. The number of fused-ring (bicyclic) bond motifs is 1. The molecule has 166 valence electrons. The number of rotatable bonds is 9. The second kappa shape index (κ2) is 9.35. The summed E-state index contributed by atoms with van der Waals surface area (Å²) in [6.07, 6.45) is 3.34. The minimum Gasteiger partial charge on any atom is -0.464 e. The smallest absolute Gasteiger partial charge is 0.324 e. The molecule has 0 saturated heterocycles. The van der Waals surface area contributed by atoms with Gasteiger partial charge in [-0.1, -0.05) is 26.0 Å². The largest absolute Gasteiger partial charge is 0.464 e. The number of carbonyl (C=O) groups is 1. The lowest BCUT2D eigenvalue weighted by atomic mass is 10.1. The van der Waals surface area contributed by atoms with Crippen LogP contribution in [0.15, 0.2) is 41.8 Å². The summed E-state index contributed by atoms with van der Waals surface area (Å²) in [6.45, 7) is 3.83. The van der Waals surface area contributed by atoms with E-state index in [9.17, 15) is 17.6 Å². The molecule has 1 atom stereocenters. The highest BCUT2D eigenvalue weighted by Crippen LogP contribution is 2.17. The number of imidazole rings is 1. The SMILES string of the molecule is CC(C)[C@H](NS(=O)(=O)c1ccccc1F)C(=O)OCCCn1cnc2c(N)ncnc21. The Labute approximate surface area is 178 Å². The van der Waals surface area contributed by atoms with Gasteiger partial charge < -0.3 is 15.0 Å². The van der Waals surface area contributed by atoms with E-state index >= 15 is 0 Å². The minimum atomic E-state index is -4.24. The van der Waals surface area contributed by atoms with E-state index in [1.807, 2.05) is 0 Å². The zero-order chi connectivity index (χ0) is 22.6. The average Bonchev–Trinajstić information content (AvgIpc) is 3.14. The lowest BCUT2D eigenvalue weighted by Gasteiger charge is -2.21. The van der Waals surface area contributed by atoms with Crippen molar-refractivity contribution in [1.82, 2.24) is 24.2 Å². The number of aromatic nitrogens is 4. The summed E-state index contributed by atoms with van der Waals surface area (Å²) in [5, 5.41) is 0. The van der Waals surface area contributed by atoms with Gasteiger partial charge in [0.25, 0.3) is 0 Å². The summed E-state index contributed by atoms with van der Waals surface area (Å²) < 4.78 is 48.2. The molecule has 2 heterocycles. The Kier molecular flexibility index (Phi) is 6.81. The molecule has 0 bridgehead atoms. The molecule has 3 rings (SSSR count). The predicted molar refractivity (Wildman–Crippen MR) is 111 cm³/mol. The van der Waals surface area contributed by atoms with Crippen LogP contribution in [0.1, 0.15) is 20.3 Å². The Bertz CT molecular complexity index is 1180. The van der Waals surface area contributed by atoms with E-state index in [1.54, 1.807) is 24.7 Å². The standard InChI is InChI=1S/C19H23FN6O4S/c1-12(2)15(25-31(28,29)14-7-4-3-6-13(14)20)19(27)30-9-5-8-26-11-24-16-17(21)22-10-23-18(16)26/h3-4,6-7,10-12,15,25H,5,8-9H2,1-2H3,(H2,21,22,23)/t15-/m0/s1. The van der Waals surface area contributed by atoms with E-state index in [4.69, 9.17) is 10.5 Å². The molecule has 12 heteroatoms. The Hall–Kier alpha value is -3.12. The molecule has 0 unspecified atom stereocenters. The summed E-state index contributed by atoms with van der Waals surface area (Å²) in [5.74, 6) is -1.77. The van der Waals surface area contributed by atoms with Crippen LogP contribution in [-0.2, 0) is 26.1 Å². The Morgan fingerprint density at radius 3 is 2.71 bits per heavy atom. The third kappa shape index (κ3) is 5.14. The van der Waals surface area contributed by atoms with Gasteiger partial charge in [0, 0.05) is 6.54 Å². The van der Waals surface area contributed by atoms with Crippen molar-refractivity contribution in [2.45, 2.75) is 37.8 Å². The fourth-order valence-corrected chi connectivity index (χ4v) is 4.32. The van der Waals surface area contributed by atoms with Crippen LogP contribution in [0, 0.1) is 11.7 Å². The third-order valence-corrected chi connectivity index (χ3v) is 6.02. The van der Waals surface area contributed by atoms with E-state index in [-0.39, 0.29) is 12.4 Å². The number of nitrogen functional groups attached to an aromatic ring is 1. The highest BCUT2D eigenvalue weighted by molar-refractivity contribution is 7.89. The quantitative estimate of drug-likeness (QED) is 0.369. The first-order chi connectivity index (χ1) is 14.7. The normalized spacial score (nSPS) is 12.9. The van der Waals surface area contributed by atoms with Crippen molar-refractivity contribution in [2.75, 3.05) is 12.3 Å². The molecular weight excluding hydrogens is 427 g/mol.